The highest BCUT2D eigenvalue weighted by molar-refractivity contribution is 5.51. The van der Waals surface area contributed by atoms with Gasteiger partial charge in [0.25, 0.3) is 0 Å². The van der Waals surface area contributed by atoms with E-state index in [1.165, 1.54) is 0 Å². The summed E-state index contributed by atoms with van der Waals surface area (Å²) in [6.45, 7) is 4.42. The van der Waals surface area contributed by atoms with Crippen molar-refractivity contribution >= 4 is 5.69 Å². The Bertz CT molecular complexity index is 583. The first-order chi connectivity index (χ1) is 8.69. The zero-order chi connectivity index (χ0) is 13.0. The predicted octanol–water partition coefficient (Wildman–Crippen LogP) is 2.21. The molecule has 0 saturated carbocycles. The minimum atomic E-state index is 0.583. The summed E-state index contributed by atoms with van der Waals surface area (Å²) in [5.74, 6) is 1.28. The number of hydrogen-bond donors (Lipinski definition) is 1. The van der Waals surface area contributed by atoms with Crippen molar-refractivity contribution in [2.24, 2.45) is 0 Å². The van der Waals surface area contributed by atoms with E-state index in [2.05, 4.69) is 21.5 Å². The molecule has 0 aliphatic heterocycles. The molecule has 1 N–H and O–H groups in total. The number of aryl methyl sites for hydroxylation is 2. The van der Waals surface area contributed by atoms with Crippen molar-refractivity contribution in [1.82, 2.24) is 10.1 Å². The van der Waals surface area contributed by atoms with Crippen LogP contribution in [0.15, 0.2) is 22.7 Å². The number of anilines is 1. The van der Waals surface area contributed by atoms with Crippen molar-refractivity contribution in [3.8, 4) is 6.07 Å². The highest BCUT2D eigenvalue weighted by atomic mass is 16.5. The minimum Gasteiger partial charge on any atom is -0.385 e. The van der Waals surface area contributed by atoms with Gasteiger partial charge < -0.3 is 9.84 Å². The largest absolute Gasteiger partial charge is 0.385 e. The van der Waals surface area contributed by atoms with Gasteiger partial charge in [0.15, 0.2) is 5.82 Å². The van der Waals surface area contributed by atoms with Gasteiger partial charge in [0.1, 0.15) is 0 Å². The van der Waals surface area contributed by atoms with E-state index in [-0.39, 0.29) is 0 Å². The van der Waals surface area contributed by atoms with Gasteiger partial charge in [-0.15, -0.1) is 0 Å². The maximum Gasteiger partial charge on any atom is 0.223 e. The van der Waals surface area contributed by atoms with Crippen molar-refractivity contribution in [3.05, 3.63) is 41.0 Å². The van der Waals surface area contributed by atoms with Crippen LogP contribution in [-0.4, -0.2) is 16.7 Å². The molecule has 0 aliphatic rings. The smallest absolute Gasteiger partial charge is 0.223 e. The number of benzene rings is 1. The number of aromatic nitrogens is 2. The van der Waals surface area contributed by atoms with Crippen LogP contribution in [0.4, 0.5) is 5.69 Å². The molecular weight excluding hydrogens is 228 g/mol. The average Bonchev–Trinajstić information content (AvgIpc) is 2.75. The van der Waals surface area contributed by atoms with Gasteiger partial charge in [0, 0.05) is 25.6 Å². The highest BCUT2D eigenvalue weighted by Crippen LogP contribution is 2.14. The van der Waals surface area contributed by atoms with Gasteiger partial charge >= 0.3 is 0 Å². The van der Waals surface area contributed by atoms with E-state index in [4.69, 9.17) is 9.78 Å². The van der Waals surface area contributed by atoms with E-state index in [1.54, 1.807) is 6.92 Å². The topological polar surface area (TPSA) is 74.7 Å². The normalized spacial score (nSPS) is 10.1. The van der Waals surface area contributed by atoms with Gasteiger partial charge in [0.05, 0.1) is 11.6 Å². The molecule has 0 aliphatic carbocycles. The fourth-order valence-corrected chi connectivity index (χ4v) is 1.66. The molecule has 0 unspecified atom stereocenters. The minimum absolute atomic E-state index is 0.583. The third-order valence-corrected chi connectivity index (χ3v) is 2.59. The predicted molar refractivity (Wildman–Crippen MR) is 67.1 cm³/mol. The van der Waals surface area contributed by atoms with Gasteiger partial charge in [-0.3, -0.25) is 0 Å². The molecule has 5 nitrogen and oxygen atoms in total. The maximum atomic E-state index is 8.84. The van der Waals surface area contributed by atoms with Gasteiger partial charge in [-0.1, -0.05) is 5.16 Å². The Labute approximate surface area is 105 Å². The fraction of sp³-hybridized carbons (Fsp3) is 0.308. The zero-order valence-corrected chi connectivity index (χ0v) is 10.4. The van der Waals surface area contributed by atoms with E-state index in [9.17, 15) is 0 Å². The summed E-state index contributed by atoms with van der Waals surface area (Å²) in [6.07, 6.45) is 0.705. The van der Waals surface area contributed by atoms with Crippen molar-refractivity contribution in [1.29, 1.82) is 5.26 Å². The van der Waals surface area contributed by atoms with Crippen LogP contribution in [0.3, 0.4) is 0 Å². The molecule has 0 fully saturated rings. The van der Waals surface area contributed by atoms with Gasteiger partial charge in [-0.2, -0.15) is 10.2 Å². The van der Waals surface area contributed by atoms with E-state index >= 15 is 0 Å². The van der Waals surface area contributed by atoms with E-state index in [0.29, 0.717) is 23.7 Å². The number of nitriles is 1. The van der Waals surface area contributed by atoms with Crippen molar-refractivity contribution in [2.45, 2.75) is 20.3 Å². The van der Waals surface area contributed by atoms with Crippen LogP contribution in [0.5, 0.6) is 0 Å². The molecule has 1 aromatic heterocycles. The fourth-order valence-electron chi connectivity index (χ4n) is 1.66. The molecule has 18 heavy (non-hydrogen) atoms. The van der Waals surface area contributed by atoms with E-state index in [0.717, 1.165) is 17.8 Å². The van der Waals surface area contributed by atoms with Crippen LogP contribution in [0.1, 0.15) is 22.8 Å². The molecule has 0 bridgehead atoms. The second-order valence-corrected chi connectivity index (χ2v) is 4.05. The van der Waals surface area contributed by atoms with Crippen LogP contribution in [0.25, 0.3) is 0 Å². The highest BCUT2D eigenvalue weighted by Gasteiger charge is 2.02. The lowest BCUT2D eigenvalue weighted by Crippen LogP contribution is -2.06. The lowest BCUT2D eigenvalue weighted by molar-refractivity contribution is 0.387. The molecule has 2 rings (SSSR count). The lowest BCUT2D eigenvalue weighted by Gasteiger charge is -2.06. The van der Waals surface area contributed by atoms with E-state index in [1.807, 2.05) is 25.1 Å². The average molecular weight is 242 g/mol. The Kier molecular flexibility index (Phi) is 3.58. The SMILES string of the molecule is Cc1nc(CCNc2ccc(C#N)c(C)c2)no1. The van der Waals surface area contributed by atoms with Gasteiger partial charge in [-0.25, -0.2) is 0 Å². The second kappa shape index (κ2) is 5.32. The molecule has 0 atom stereocenters. The van der Waals surface area contributed by atoms with Crippen molar-refractivity contribution < 1.29 is 4.52 Å². The molecule has 5 heteroatoms. The Morgan fingerprint density at radius 2 is 2.22 bits per heavy atom. The zero-order valence-electron chi connectivity index (χ0n) is 10.4. The molecule has 1 heterocycles. The molecule has 92 valence electrons. The van der Waals surface area contributed by atoms with Gasteiger partial charge in [0.2, 0.25) is 5.89 Å². The number of hydrogen-bond acceptors (Lipinski definition) is 5. The van der Waals surface area contributed by atoms with E-state index < -0.39 is 0 Å². The Hall–Kier alpha value is -2.35. The first-order valence-electron chi connectivity index (χ1n) is 5.73. The Morgan fingerprint density at radius 3 is 2.83 bits per heavy atom. The monoisotopic (exact) mass is 242 g/mol. The summed E-state index contributed by atoms with van der Waals surface area (Å²) in [4.78, 5) is 4.13. The number of nitrogens with one attached hydrogen (secondary N) is 1. The van der Waals surface area contributed by atoms with Crippen molar-refractivity contribution in [3.63, 3.8) is 0 Å². The van der Waals surface area contributed by atoms with Crippen LogP contribution in [-0.2, 0) is 6.42 Å². The first kappa shape index (κ1) is 12.1. The summed E-state index contributed by atoms with van der Waals surface area (Å²) in [5, 5.41) is 15.9. The van der Waals surface area contributed by atoms with Gasteiger partial charge in [-0.05, 0) is 30.7 Å². The second-order valence-electron chi connectivity index (χ2n) is 4.05. The molecule has 0 radical (unpaired) electrons. The maximum absolute atomic E-state index is 8.84. The molecule has 1 aromatic carbocycles. The van der Waals surface area contributed by atoms with Crippen molar-refractivity contribution in [2.75, 3.05) is 11.9 Å². The molecule has 0 spiro atoms. The van der Waals surface area contributed by atoms with Crippen LogP contribution in [0, 0.1) is 25.2 Å². The summed E-state index contributed by atoms with van der Waals surface area (Å²) < 4.78 is 4.89. The molecular formula is C13H14N4O. The summed E-state index contributed by atoms with van der Waals surface area (Å²) in [5.41, 5.74) is 2.67. The number of nitrogens with zero attached hydrogens (tertiary/aromatic N) is 3. The third-order valence-electron chi connectivity index (χ3n) is 2.59. The Morgan fingerprint density at radius 1 is 1.39 bits per heavy atom. The van der Waals surface area contributed by atoms with Crippen LogP contribution in [0.2, 0.25) is 0 Å². The molecule has 2 aromatic rings. The first-order valence-corrected chi connectivity index (χ1v) is 5.73. The molecule has 0 saturated heterocycles. The van der Waals surface area contributed by atoms with Crippen LogP contribution >= 0.6 is 0 Å². The molecule has 0 amide bonds. The third kappa shape index (κ3) is 2.86. The number of rotatable bonds is 4. The quantitative estimate of drug-likeness (QED) is 0.889. The lowest BCUT2D eigenvalue weighted by atomic mass is 10.1. The Balaban J connectivity index is 1.91. The summed E-state index contributed by atoms with van der Waals surface area (Å²) in [7, 11) is 0. The van der Waals surface area contributed by atoms with Crippen LogP contribution < -0.4 is 5.32 Å². The summed E-state index contributed by atoms with van der Waals surface area (Å²) >= 11 is 0. The summed E-state index contributed by atoms with van der Waals surface area (Å²) in [6, 6.07) is 7.82. The standard InChI is InChI=1S/C13H14N4O/c1-9-7-12(4-3-11(9)8-14)15-6-5-13-16-10(2)18-17-13/h3-4,7,15H,5-6H2,1-2H3.